The summed E-state index contributed by atoms with van der Waals surface area (Å²) in [6.07, 6.45) is 2.71. The van der Waals surface area contributed by atoms with Crippen LogP contribution in [0.1, 0.15) is 19.3 Å². The molecule has 5 nitrogen and oxygen atoms in total. The van der Waals surface area contributed by atoms with Crippen LogP contribution in [0.4, 0.5) is 0 Å². The Bertz CT molecular complexity index is 266. The van der Waals surface area contributed by atoms with Gasteiger partial charge in [0, 0.05) is 13.1 Å². The fourth-order valence-corrected chi connectivity index (χ4v) is 2.19. The average Bonchev–Trinajstić information content (AvgIpc) is 2.44. The van der Waals surface area contributed by atoms with Crippen molar-refractivity contribution in [2.45, 2.75) is 25.4 Å². The second-order valence-corrected chi connectivity index (χ2v) is 5.56. The predicted octanol–water partition coefficient (Wildman–Crippen LogP) is -0.974. The van der Waals surface area contributed by atoms with Crippen LogP contribution in [0.25, 0.3) is 0 Å². The number of hydrogen-bond donors (Lipinski definition) is 3. The maximum absolute atomic E-state index is 10.6. The molecule has 0 saturated heterocycles. The molecule has 2 atom stereocenters. The van der Waals surface area contributed by atoms with E-state index in [0.29, 0.717) is 13.1 Å². The van der Waals surface area contributed by atoms with Crippen molar-refractivity contribution >= 4 is 10.0 Å². The minimum atomic E-state index is -3.36. The standard InChI is InChI=1S/C8H18N2O3S/c9-14(12,13)5-4-10-6-7-2-1-3-8(7)11/h7-8,10-11H,1-6H2,(H2,9,12,13). The fraction of sp³-hybridized carbons (Fsp3) is 1.00. The lowest BCUT2D eigenvalue weighted by Gasteiger charge is -2.14. The van der Waals surface area contributed by atoms with Gasteiger partial charge in [-0.15, -0.1) is 0 Å². The summed E-state index contributed by atoms with van der Waals surface area (Å²) >= 11 is 0. The summed E-state index contributed by atoms with van der Waals surface area (Å²) in [5, 5.41) is 17.3. The van der Waals surface area contributed by atoms with Gasteiger partial charge in [0.2, 0.25) is 10.0 Å². The lowest BCUT2D eigenvalue weighted by atomic mass is 10.1. The van der Waals surface area contributed by atoms with E-state index in [1.54, 1.807) is 0 Å². The van der Waals surface area contributed by atoms with Gasteiger partial charge < -0.3 is 10.4 Å². The van der Waals surface area contributed by atoms with E-state index in [4.69, 9.17) is 5.14 Å². The van der Waals surface area contributed by atoms with Crippen LogP contribution in [-0.4, -0.2) is 38.5 Å². The zero-order valence-electron chi connectivity index (χ0n) is 8.15. The van der Waals surface area contributed by atoms with Crippen LogP contribution in [-0.2, 0) is 10.0 Å². The van der Waals surface area contributed by atoms with E-state index in [9.17, 15) is 13.5 Å². The third-order valence-corrected chi connectivity index (χ3v) is 3.36. The molecule has 0 aliphatic heterocycles. The van der Waals surface area contributed by atoms with E-state index in [-0.39, 0.29) is 17.8 Å². The van der Waals surface area contributed by atoms with Crippen LogP contribution in [0.2, 0.25) is 0 Å². The zero-order valence-corrected chi connectivity index (χ0v) is 8.96. The first-order valence-corrected chi connectivity index (χ1v) is 6.60. The van der Waals surface area contributed by atoms with Gasteiger partial charge in [-0.05, 0) is 18.8 Å². The third-order valence-electron chi connectivity index (χ3n) is 2.59. The summed E-state index contributed by atoms with van der Waals surface area (Å²) in [6.45, 7) is 1.04. The van der Waals surface area contributed by atoms with Crippen LogP contribution in [0.15, 0.2) is 0 Å². The predicted molar refractivity (Wildman–Crippen MR) is 54.2 cm³/mol. The van der Waals surface area contributed by atoms with Crippen molar-refractivity contribution in [1.29, 1.82) is 0 Å². The van der Waals surface area contributed by atoms with E-state index < -0.39 is 10.0 Å². The highest BCUT2D eigenvalue weighted by Crippen LogP contribution is 2.24. The molecule has 4 N–H and O–H groups in total. The topological polar surface area (TPSA) is 92.4 Å². The third kappa shape index (κ3) is 4.36. The van der Waals surface area contributed by atoms with E-state index in [2.05, 4.69) is 5.32 Å². The van der Waals surface area contributed by atoms with Crippen molar-refractivity contribution in [2.24, 2.45) is 11.1 Å². The Hall–Kier alpha value is -0.170. The van der Waals surface area contributed by atoms with Gasteiger partial charge in [0.1, 0.15) is 0 Å². The Kier molecular flexibility index (Phi) is 4.31. The summed E-state index contributed by atoms with van der Waals surface area (Å²) in [4.78, 5) is 0. The van der Waals surface area contributed by atoms with Crippen molar-refractivity contribution in [3.63, 3.8) is 0 Å². The largest absolute Gasteiger partial charge is 0.393 e. The molecule has 0 radical (unpaired) electrons. The van der Waals surface area contributed by atoms with E-state index in [1.165, 1.54) is 0 Å². The molecular formula is C8H18N2O3S. The highest BCUT2D eigenvalue weighted by molar-refractivity contribution is 7.89. The number of nitrogens with one attached hydrogen (secondary N) is 1. The number of aliphatic hydroxyl groups is 1. The van der Waals surface area contributed by atoms with Gasteiger partial charge in [-0.1, -0.05) is 6.42 Å². The van der Waals surface area contributed by atoms with E-state index >= 15 is 0 Å². The van der Waals surface area contributed by atoms with Gasteiger partial charge in [0.05, 0.1) is 11.9 Å². The minimum Gasteiger partial charge on any atom is -0.393 e. The number of hydrogen-bond acceptors (Lipinski definition) is 4. The second kappa shape index (κ2) is 5.06. The van der Waals surface area contributed by atoms with Crippen molar-refractivity contribution in [1.82, 2.24) is 5.32 Å². The van der Waals surface area contributed by atoms with Crippen LogP contribution in [0.3, 0.4) is 0 Å². The molecule has 0 heterocycles. The van der Waals surface area contributed by atoms with Crippen LogP contribution in [0.5, 0.6) is 0 Å². The lowest BCUT2D eigenvalue weighted by Crippen LogP contribution is -2.32. The fourth-order valence-electron chi connectivity index (χ4n) is 1.76. The molecule has 84 valence electrons. The molecule has 6 heteroatoms. The molecule has 0 amide bonds. The molecule has 1 saturated carbocycles. The Labute approximate surface area is 84.7 Å². The minimum absolute atomic E-state index is 0.0458. The number of sulfonamides is 1. The van der Waals surface area contributed by atoms with Crippen molar-refractivity contribution in [3.05, 3.63) is 0 Å². The smallest absolute Gasteiger partial charge is 0.210 e. The molecule has 0 aromatic heterocycles. The molecule has 1 aliphatic rings. The number of aliphatic hydroxyl groups excluding tert-OH is 1. The van der Waals surface area contributed by atoms with Gasteiger partial charge in [0.25, 0.3) is 0 Å². The second-order valence-electron chi connectivity index (χ2n) is 3.83. The van der Waals surface area contributed by atoms with Gasteiger partial charge in [-0.2, -0.15) is 0 Å². The molecule has 1 fully saturated rings. The summed E-state index contributed by atoms with van der Waals surface area (Å²) in [5.41, 5.74) is 0. The molecule has 0 aromatic rings. The van der Waals surface area contributed by atoms with Crippen LogP contribution >= 0.6 is 0 Å². The molecule has 0 spiro atoms. The van der Waals surface area contributed by atoms with Crippen molar-refractivity contribution < 1.29 is 13.5 Å². The zero-order chi connectivity index (χ0) is 10.6. The first-order chi connectivity index (χ1) is 6.49. The van der Waals surface area contributed by atoms with Gasteiger partial charge in [-0.3, -0.25) is 0 Å². The Balaban J connectivity index is 2.09. The number of nitrogens with two attached hydrogens (primary N) is 1. The first kappa shape index (κ1) is 11.9. The SMILES string of the molecule is NS(=O)(=O)CCNCC1CCCC1O. The Morgan fingerprint density at radius 1 is 1.43 bits per heavy atom. The molecule has 2 unspecified atom stereocenters. The highest BCUT2D eigenvalue weighted by Gasteiger charge is 2.24. The molecule has 1 rings (SSSR count). The number of primary sulfonamides is 1. The number of rotatable bonds is 5. The molecule has 0 bridgehead atoms. The maximum atomic E-state index is 10.6. The van der Waals surface area contributed by atoms with Gasteiger partial charge in [-0.25, -0.2) is 13.6 Å². The van der Waals surface area contributed by atoms with Gasteiger partial charge >= 0.3 is 0 Å². The van der Waals surface area contributed by atoms with Crippen molar-refractivity contribution in [3.8, 4) is 0 Å². The Morgan fingerprint density at radius 3 is 2.64 bits per heavy atom. The molecule has 1 aliphatic carbocycles. The summed E-state index contributed by atoms with van der Waals surface area (Å²) in [5.74, 6) is 0.228. The Morgan fingerprint density at radius 2 is 2.14 bits per heavy atom. The van der Waals surface area contributed by atoms with Gasteiger partial charge in [0.15, 0.2) is 0 Å². The first-order valence-electron chi connectivity index (χ1n) is 4.88. The van der Waals surface area contributed by atoms with E-state index in [0.717, 1.165) is 19.3 Å². The highest BCUT2D eigenvalue weighted by atomic mass is 32.2. The lowest BCUT2D eigenvalue weighted by molar-refractivity contribution is 0.132. The normalized spacial score (nSPS) is 28.1. The van der Waals surface area contributed by atoms with Crippen molar-refractivity contribution in [2.75, 3.05) is 18.8 Å². The molecule has 0 aromatic carbocycles. The summed E-state index contributed by atoms with van der Waals surface area (Å²) in [6, 6.07) is 0. The summed E-state index contributed by atoms with van der Waals surface area (Å²) in [7, 11) is -3.36. The monoisotopic (exact) mass is 222 g/mol. The average molecular weight is 222 g/mol. The van der Waals surface area contributed by atoms with Crippen LogP contribution < -0.4 is 10.5 Å². The summed E-state index contributed by atoms with van der Waals surface area (Å²) < 4.78 is 21.2. The maximum Gasteiger partial charge on any atom is 0.210 e. The molecule has 14 heavy (non-hydrogen) atoms. The quantitative estimate of drug-likeness (QED) is 0.522. The van der Waals surface area contributed by atoms with E-state index in [1.807, 2.05) is 0 Å². The van der Waals surface area contributed by atoms with Crippen LogP contribution in [0, 0.1) is 5.92 Å². The molecular weight excluding hydrogens is 204 g/mol.